The summed E-state index contributed by atoms with van der Waals surface area (Å²) in [6.45, 7) is 7.67. The molecule has 1 aliphatic rings. The number of amides is 2. The number of benzene rings is 2. The predicted octanol–water partition coefficient (Wildman–Crippen LogP) is 4.93. The number of pyridine rings is 1. The van der Waals surface area contributed by atoms with Crippen molar-refractivity contribution in [3.05, 3.63) is 74.5 Å². The van der Waals surface area contributed by atoms with Crippen LogP contribution >= 0.6 is 11.6 Å². The molecule has 4 rings (SSSR count). The van der Waals surface area contributed by atoms with E-state index in [1.54, 1.807) is 17.0 Å². The summed E-state index contributed by atoms with van der Waals surface area (Å²) in [5.74, 6) is 0. The molecule has 2 heterocycles. The van der Waals surface area contributed by atoms with Crippen molar-refractivity contribution in [2.75, 3.05) is 31.5 Å². The number of halogens is 1. The fourth-order valence-electron chi connectivity index (χ4n) is 4.17. The summed E-state index contributed by atoms with van der Waals surface area (Å²) in [6.07, 6.45) is 2.38. The van der Waals surface area contributed by atoms with E-state index in [1.807, 2.05) is 38.1 Å². The number of fused-ring (bicyclic) bond motifs is 1. The van der Waals surface area contributed by atoms with Gasteiger partial charge in [-0.1, -0.05) is 35.9 Å². The van der Waals surface area contributed by atoms with Crippen LogP contribution in [0.25, 0.3) is 10.9 Å². The number of carbonyl (C=O) groups excluding carboxylic acids is 1. The van der Waals surface area contributed by atoms with Gasteiger partial charge in [0.2, 0.25) is 0 Å². The van der Waals surface area contributed by atoms with Crippen LogP contribution < -0.4 is 10.9 Å². The van der Waals surface area contributed by atoms with Gasteiger partial charge >= 0.3 is 6.03 Å². The Hall–Kier alpha value is -2.83. The second-order valence-corrected chi connectivity index (χ2v) is 8.88. The molecule has 2 N–H and O–H groups in total. The molecule has 0 saturated carbocycles. The zero-order chi connectivity index (χ0) is 22.7. The van der Waals surface area contributed by atoms with Gasteiger partial charge in [-0.2, -0.15) is 0 Å². The molecule has 7 heteroatoms. The first-order chi connectivity index (χ1) is 15.4. The van der Waals surface area contributed by atoms with Gasteiger partial charge in [0.25, 0.3) is 5.56 Å². The van der Waals surface area contributed by atoms with E-state index in [4.69, 9.17) is 11.6 Å². The van der Waals surface area contributed by atoms with Gasteiger partial charge in [-0.15, -0.1) is 0 Å². The quantitative estimate of drug-likeness (QED) is 0.557. The molecular formula is C25H29ClN4O2. The Bertz CT molecular complexity index is 1180. The highest BCUT2D eigenvalue weighted by atomic mass is 35.5. The van der Waals surface area contributed by atoms with Crippen molar-refractivity contribution >= 4 is 34.2 Å². The number of aromatic amines is 1. The molecule has 32 heavy (non-hydrogen) atoms. The number of hydrogen-bond donors (Lipinski definition) is 2. The van der Waals surface area contributed by atoms with Gasteiger partial charge in [0.15, 0.2) is 0 Å². The monoisotopic (exact) mass is 452 g/mol. The van der Waals surface area contributed by atoms with E-state index in [0.29, 0.717) is 22.8 Å². The molecule has 0 bridgehead atoms. The lowest BCUT2D eigenvalue weighted by Crippen LogP contribution is -2.41. The number of urea groups is 1. The van der Waals surface area contributed by atoms with Gasteiger partial charge in [-0.05, 0) is 74.5 Å². The lowest BCUT2D eigenvalue weighted by molar-refractivity contribution is 0.197. The third-order valence-electron chi connectivity index (χ3n) is 6.28. The van der Waals surface area contributed by atoms with E-state index in [2.05, 4.69) is 21.3 Å². The lowest BCUT2D eigenvalue weighted by atomic mass is 10.0. The van der Waals surface area contributed by atoms with E-state index >= 15 is 0 Å². The van der Waals surface area contributed by atoms with Crippen molar-refractivity contribution in [1.29, 1.82) is 0 Å². The lowest BCUT2D eigenvalue weighted by Gasteiger charge is -2.26. The van der Waals surface area contributed by atoms with Gasteiger partial charge in [-0.3, -0.25) is 4.79 Å². The Kier molecular flexibility index (Phi) is 6.82. The third kappa shape index (κ3) is 4.97. The van der Waals surface area contributed by atoms with E-state index in [0.717, 1.165) is 41.7 Å². The molecule has 2 amide bonds. The minimum Gasteiger partial charge on any atom is -0.321 e. The first kappa shape index (κ1) is 22.4. The number of carbonyl (C=O) groups is 1. The van der Waals surface area contributed by atoms with Crippen LogP contribution in [-0.2, 0) is 6.54 Å². The second kappa shape index (κ2) is 9.76. The van der Waals surface area contributed by atoms with Gasteiger partial charge in [0, 0.05) is 18.7 Å². The topological polar surface area (TPSA) is 68.4 Å². The highest BCUT2D eigenvalue weighted by Crippen LogP contribution is 2.22. The molecule has 168 valence electrons. The fraction of sp³-hybridized carbons (Fsp3) is 0.360. The van der Waals surface area contributed by atoms with Crippen LogP contribution in [0.1, 0.15) is 29.5 Å². The summed E-state index contributed by atoms with van der Waals surface area (Å²) in [5, 5.41) is 4.35. The maximum atomic E-state index is 13.2. The second-order valence-electron chi connectivity index (χ2n) is 8.48. The molecule has 1 aromatic heterocycles. The fourth-order valence-corrected chi connectivity index (χ4v) is 4.35. The standard InChI is InChI=1S/C25H29ClN4O2/c1-17-9-10-19-15-20(24(31)28-23(19)18(17)2)16-30(14-13-29-11-5-6-12-29)25(32)27-22-8-4-3-7-21(22)26/h3-4,7-10,15H,5-6,11-14,16H2,1-2H3,(H,27,32)(H,28,31). The molecule has 6 nitrogen and oxygen atoms in total. The van der Waals surface area contributed by atoms with Crippen LogP contribution in [0.5, 0.6) is 0 Å². The van der Waals surface area contributed by atoms with E-state index in [9.17, 15) is 9.59 Å². The molecule has 0 aliphatic carbocycles. The molecular weight excluding hydrogens is 424 g/mol. The van der Waals surface area contributed by atoms with Crippen molar-refractivity contribution in [1.82, 2.24) is 14.8 Å². The summed E-state index contributed by atoms with van der Waals surface area (Å²) >= 11 is 6.24. The maximum absolute atomic E-state index is 13.2. The Balaban J connectivity index is 1.59. The number of likely N-dealkylation sites (tertiary alicyclic amines) is 1. The molecule has 0 radical (unpaired) electrons. The molecule has 3 aromatic rings. The third-order valence-corrected chi connectivity index (χ3v) is 6.61. The highest BCUT2D eigenvalue weighted by molar-refractivity contribution is 6.33. The largest absolute Gasteiger partial charge is 0.322 e. The predicted molar refractivity (Wildman–Crippen MR) is 131 cm³/mol. The van der Waals surface area contributed by atoms with E-state index in [1.165, 1.54) is 12.8 Å². The smallest absolute Gasteiger partial charge is 0.321 e. The Morgan fingerprint density at radius 2 is 1.91 bits per heavy atom. The molecule has 0 unspecified atom stereocenters. The van der Waals surface area contributed by atoms with E-state index in [-0.39, 0.29) is 18.1 Å². The summed E-state index contributed by atoms with van der Waals surface area (Å²) in [7, 11) is 0. The minimum atomic E-state index is -0.267. The SMILES string of the molecule is Cc1ccc2cc(CN(CCN3CCCC3)C(=O)Nc3ccccc3Cl)c(=O)[nH]c2c1C. The number of anilines is 1. The van der Waals surface area contributed by atoms with Gasteiger partial charge in [0.1, 0.15) is 0 Å². The Morgan fingerprint density at radius 3 is 2.66 bits per heavy atom. The number of hydrogen-bond acceptors (Lipinski definition) is 3. The van der Waals surface area contributed by atoms with Gasteiger partial charge in [0.05, 0.1) is 22.8 Å². The number of aromatic nitrogens is 1. The van der Waals surface area contributed by atoms with Crippen LogP contribution in [0.3, 0.4) is 0 Å². The molecule has 1 saturated heterocycles. The summed E-state index contributed by atoms with van der Waals surface area (Å²) in [6, 6.07) is 12.8. The summed E-state index contributed by atoms with van der Waals surface area (Å²) < 4.78 is 0. The van der Waals surface area contributed by atoms with E-state index < -0.39 is 0 Å². The minimum absolute atomic E-state index is 0.164. The van der Waals surface area contributed by atoms with Crippen LogP contribution in [0.4, 0.5) is 10.5 Å². The zero-order valence-electron chi connectivity index (χ0n) is 18.6. The van der Waals surface area contributed by atoms with Crippen molar-refractivity contribution in [3.8, 4) is 0 Å². The van der Waals surface area contributed by atoms with Crippen LogP contribution in [-0.4, -0.2) is 47.0 Å². The maximum Gasteiger partial charge on any atom is 0.322 e. The average Bonchev–Trinajstić information content (AvgIpc) is 3.30. The Morgan fingerprint density at radius 1 is 1.16 bits per heavy atom. The Labute approximate surface area is 193 Å². The van der Waals surface area contributed by atoms with Crippen molar-refractivity contribution in [2.24, 2.45) is 0 Å². The van der Waals surface area contributed by atoms with Crippen molar-refractivity contribution < 1.29 is 4.79 Å². The number of aryl methyl sites for hydroxylation is 2. The number of H-pyrrole nitrogens is 1. The highest BCUT2D eigenvalue weighted by Gasteiger charge is 2.20. The molecule has 0 atom stereocenters. The zero-order valence-corrected chi connectivity index (χ0v) is 19.3. The first-order valence-electron chi connectivity index (χ1n) is 11.1. The number of rotatable bonds is 6. The van der Waals surface area contributed by atoms with Crippen LogP contribution in [0.15, 0.2) is 47.3 Å². The normalized spacial score (nSPS) is 14.1. The summed E-state index contributed by atoms with van der Waals surface area (Å²) in [5.41, 5.74) is 4.01. The van der Waals surface area contributed by atoms with Crippen LogP contribution in [0.2, 0.25) is 5.02 Å². The van der Waals surface area contributed by atoms with Gasteiger partial charge < -0.3 is 20.1 Å². The van der Waals surface area contributed by atoms with Gasteiger partial charge in [-0.25, -0.2) is 4.79 Å². The molecule has 1 aliphatic heterocycles. The van der Waals surface area contributed by atoms with Crippen LogP contribution in [0, 0.1) is 13.8 Å². The summed E-state index contributed by atoms with van der Waals surface area (Å²) in [4.78, 5) is 33.1. The number of para-hydroxylation sites is 1. The molecule has 2 aromatic carbocycles. The molecule has 0 spiro atoms. The van der Waals surface area contributed by atoms with Crippen molar-refractivity contribution in [3.63, 3.8) is 0 Å². The number of nitrogens with zero attached hydrogens (tertiary/aromatic N) is 2. The molecule has 1 fully saturated rings. The number of nitrogens with one attached hydrogen (secondary N) is 2. The van der Waals surface area contributed by atoms with Crippen molar-refractivity contribution in [2.45, 2.75) is 33.2 Å². The average molecular weight is 453 g/mol. The first-order valence-corrected chi connectivity index (χ1v) is 11.4.